The molecule has 1 heterocycles. The second kappa shape index (κ2) is 7.82. The third-order valence-electron chi connectivity index (χ3n) is 3.91. The number of hydrogen-bond donors (Lipinski definition) is 0. The number of piperidine rings is 1. The van der Waals surface area contributed by atoms with Crippen LogP contribution in [0, 0.1) is 12.8 Å². The molecule has 0 aliphatic carbocycles. The van der Waals surface area contributed by atoms with Gasteiger partial charge in [-0.05, 0) is 38.3 Å². The van der Waals surface area contributed by atoms with Crippen LogP contribution in [0.3, 0.4) is 0 Å². The van der Waals surface area contributed by atoms with Gasteiger partial charge in [0, 0.05) is 13.1 Å². The second-order valence-electron chi connectivity index (χ2n) is 5.46. The van der Waals surface area contributed by atoms with Crippen molar-refractivity contribution in [2.45, 2.75) is 26.7 Å². The molecule has 0 radical (unpaired) electrons. The van der Waals surface area contributed by atoms with E-state index in [1.807, 2.05) is 31.2 Å². The van der Waals surface area contributed by atoms with Gasteiger partial charge >= 0.3 is 5.97 Å². The molecule has 2 rings (SSSR count). The molecule has 1 aliphatic rings. The molecule has 120 valence electrons. The maximum atomic E-state index is 12.2. The second-order valence-corrected chi connectivity index (χ2v) is 5.46. The van der Waals surface area contributed by atoms with E-state index in [1.54, 1.807) is 11.8 Å². The van der Waals surface area contributed by atoms with Crippen molar-refractivity contribution in [3.63, 3.8) is 0 Å². The normalized spacial score (nSPS) is 15.5. The van der Waals surface area contributed by atoms with Gasteiger partial charge in [0.25, 0.3) is 5.91 Å². The van der Waals surface area contributed by atoms with Crippen LogP contribution in [0.1, 0.15) is 25.3 Å². The van der Waals surface area contributed by atoms with Gasteiger partial charge in [-0.15, -0.1) is 0 Å². The Morgan fingerprint density at radius 1 is 1.23 bits per heavy atom. The summed E-state index contributed by atoms with van der Waals surface area (Å²) in [7, 11) is 0. The molecule has 0 atom stereocenters. The number of benzene rings is 1. The molecule has 1 aromatic rings. The van der Waals surface area contributed by atoms with E-state index in [0.717, 1.165) is 11.3 Å². The molecule has 1 saturated heterocycles. The van der Waals surface area contributed by atoms with Crippen LogP contribution in [0.5, 0.6) is 5.75 Å². The standard InChI is InChI=1S/C17H23NO4/c1-3-21-17(20)14-8-10-18(11-9-14)16(19)12-22-15-7-5-4-6-13(15)2/h4-7,14H,3,8-12H2,1-2H3. The van der Waals surface area contributed by atoms with Crippen molar-refractivity contribution in [1.82, 2.24) is 4.90 Å². The van der Waals surface area contributed by atoms with E-state index < -0.39 is 0 Å². The van der Waals surface area contributed by atoms with Crippen molar-refractivity contribution in [3.05, 3.63) is 29.8 Å². The van der Waals surface area contributed by atoms with Gasteiger partial charge in [-0.1, -0.05) is 18.2 Å². The fourth-order valence-corrected chi connectivity index (χ4v) is 2.57. The number of aryl methyl sites for hydroxylation is 1. The number of likely N-dealkylation sites (tertiary alicyclic amines) is 1. The van der Waals surface area contributed by atoms with Gasteiger partial charge in [0.2, 0.25) is 0 Å². The van der Waals surface area contributed by atoms with Gasteiger partial charge in [0.15, 0.2) is 6.61 Å². The van der Waals surface area contributed by atoms with Gasteiger partial charge in [-0.3, -0.25) is 9.59 Å². The number of hydrogen-bond acceptors (Lipinski definition) is 4. The van der Waals surface area contributed by atoms with Crippen LogP contribution in [0.15, 0.2) is 24.3 Å². The molecule has 1 fully saturated rings. The van der Waals surface area contributed by atoms with Crippen molar-refractivity contribution in [2.75, 3.05) is 26.3 Å². The Hall–Kier alpha value is -2.04. The predicted octanol–water partition coefficient (Wildman–Crippen LogP) is 2.18. The van der Waals surface area contributed by atoms with Crippen molar-refractivity contribution in [1.29, 1.82) is 0 Å². The number of esters is 1. The summed E-state index contributed by atoms with van der Waals surface area (Å²) in [5.41, 5.74) is 1.01. The highest BCUT2D eigenvalue weighted by atomic mass is 16.5. The summed E-state index contributed by atoms with van der Waals surface area (Å²) < 4.78 is 10.6. The van der Waals surface area contributed by atoms with Crippen molar-refractivity contribution < 1.29 is 19.1 Å². The lowest BCUT2D eigenvalue weighted by Crippen LogP contribution is -2.42. The third kappa shape index (κ3) is 4.23. The number of nitrogens with zero attached hydrogens (tertiary/aromatic N) is 1. The molecule has 5 heteroatoms. The van der Waals surface area contributed by atoms with E-state index in [2.05, 4.69) is 0 Å². The van der Waals surface area contributed by atoms with E-state index in [4.69, 9.17) is 9.47 Å². The summed E-state index contributed by atoms with van der Waals surface area (Å²) in [5.74, 6) is 0.467. The molecule has 1 amide bonds. The molecule has 0 unspecified atom stereocenters. The van der Waals surface area contributed by atoms with Crippen LogP contribution in [-0.4, -0.2) is 43.1 Å². The van der Waals surface area contributed by atoms with Gasteiger partial charge in [-0.2, -0.15) is 0 Å². The molecule has 1 aromatic carbocycles. The van der Waals surface area contributed by atoms with Crippen LogP contribution in [0.2, 0.25) is 0 Å². The quantitative estimate of drug-likeness (QED) is 0.782. The fourth-order valence-electron chi connectivity index (χ4n) is 2.57. The zero-order valence-electron chi connectivity index (χ0n) is 13.2. The summed E-state index contributed by atoms with van der Waals surface area (Å²) in [4.78, 5) is 25.6. The summed E-state index contributed by atoms with van der Waals surface area (Å²) >= 11 is 0. The number of carbonyl (C=O) groups is 2. The number of amides is 1. The molecule has 0 saturated carbocycles. The van der Waals surface area contributed by atoms with Crippen molar-refractivity contribution in [2.24, 2.45) is 5.92 Å². The number of ether oxygens (including phenoxy) is 2. The summed E-state index contributed by atoms with van der Waals surface area (Å²) in [6.45, 7) is 5.36. The van der Waals surface area contributed by atoms with Crippen LogP contribution in [0.4, 0.5) is 0 Å². The molecule has 0 bridgehead atoms. The van der Waals surface area contributed by atoms with E-state index in [-0.39, 0.29) is 24.4 Å². The Kier molecular flexibility index (Phi) is 5.81. The highest BCUT2D eigenvalue weighted by Gasteiger charge is 2.28. The zero-order valence-corrected chi connectivity index (χ0v) is 13.2. The topological polar surface area (TPSA) is 55.8 Å². The summed E-state index contributed by atoms with van der Waals surface area (Å²) in [5, 5.41) is 0. The Bertz CT molecular complexity index is 521. The van der Waals surface area contributed by atoms with E-state index in [0.29, 0.717) is 32.5 Å². The maximum absolute atomic E-state index is 12.2. The van der Waals surface area contributed by atoms with Crippen LogP contribution in [-0.2, 0) is 14.3 Å². The average Bonchev–Trinajstić information content (AvgIpc) is 2.54. The number of carbonyl (C=O) groups excluding carboxylic acids is 2. The summed E-state index contributed by atoms with van der Waals surface area (Å²) in [6.07, 6.45) is 1.32. The molecule has 1 aliphatic heterocycles. The van der Waals surface area contributed by atoms with Gasteiger partial charge < -0.3 is 14.4 Å². The fraction of sp³-hybridized carbons (Fsp3) is 0.529. The first-order chi connectivity index (χ1) is 10.6. The molecule has 5 nitrogen and oxygen atoms in total. The lowest BCUT2D eigenvalue weighted by Gasteiger charge is -2.30. The third-order valence-corrected chi connectivity index (χ3v) is 3.91. The Balaban J connectivity index is 1.78. The average molecular weight is 305 g/mol. The van der Waals surface area contributed by atoms with Crippen LogP contribution >= 0.6 is 0 Å². The molecule has 0 aromatic heterocycles. The first kappa shape index (κ1) is 16.3. The van der Waals surface area contributed by atoms with Crippen molar-refractivity contribution >= 4 is 11.9 Å². The van der Waals surface area contributed by atoms with Crippen LogP contribution in [0.25, 0.3) is 0 Å². The predicted molar refractivity (Wildman–Crippen MR) is 82.6 cm³/mol. The minimum absolute atomic E-state index is 0.0365. The molecule has 0 spiro atoms. The number of rotatable bonds is 5. The maximum Gasteiger partial charge on any atom is 0.309 e. The highest BCUT2D eigenvalue weighted by molar-refractivity contribution is 5.78. The smallest absolute Gasteiger partial charge is 0.309 e. The Morgan fingerprint density at radius 3 is 2.55 bits per heavy atom. The first-order valence-corrected chi connectivity index (χ1v) is 7.74. The molecule has 0 N–H and O–H groups in total. The Labute approximate surface area is 131 Å². The largest absolute Gasteiger partial charge is 0.484 e. The minimum Gasteiger partial charge on any atom is -0.484 e. The van der Waals surface area contributed by atoms with E-state index in [9.17, 15) is 9.59 Å². The van der Waals surface area contributed by atoms with Gasteiger partial charge in [0.05, 0.1) is 12.5 Å². The molecular formula is C17H23NO4. The minimum atomic E-state index is -0.147. The van der Waals surface area contributed by atoms with E-state index in [1.165, 1.54) is 0 Å². The van der Waals surface area contributed by atoms with Crippen LogP contribution < -0.4 is 4.74 Å². The van der Waals surface area contributed by atoms with Crippen molar-refractivity contribution in [3.8, 4) is 5.75 Å². The Morgan fingerprint density at radius 2 is 1.91 bits per heavy atom. The zero-order chi connectivity index (χ0) is 15.9. The number of para-hydroxylation sites is 1. The monoisotopic (exact) mass is 305 g/mol. The molecular weight excluding hydrogens is 282 g/mol. The highest BCUT2D eigenvalue weighted by Crippen LogP contribution is 2.20. The molecule has 22 heavy (non-hydrogen) atoms. The van der Waals surface area contributed by atoms with E-state index >= 15 is 0 Å². The lowest BCUT2D eigenvalue weighted by atomic mass is 9.97. The lowest BCUT2D eigenvalue weighted by molar-refractivity contribution is -0.151. The van der Waals surface area contributed by atoms with Gasteiger partial charge in [0.1, 0.15) is 5.75 Å². The first-order valence-electron chi connectivity index (χ1n) is 7.74. The van der Waals surface area contributed by atoms with Gasteiger partial charge in [-0.25, -0.2) is 0 Å². The SMILES string of the molecule is CCOC(=O)C1CCN(C(=O)COc2ccccc2C)CC1. The summed E-state index contributed by atoms with van der Waals surface area (Å²) in [6, 6.07) is 7.63.